The highest BCUT2D eigenvalue weighted by Crippen LogP contribution is 2.62. The Bertz CT molecular complexity index is 4880. The van der Waals surface area contributed by atoms with Crippen LogP contribution in [0.4, 0.5) is 0 Å². The Kier molecular flexibility index (Phi) is 45.4. The third kappa shape index (κ3) is 37.3. The van der Waals surface area contributed by atoms with Crippen LogP contribution in [-0.4, -0.2) is 335 Å². The molecule has 0 spiro atoms. The van der Waals surface area contributed by atoms with Crippen molar-refractivity contribution in [1.29, 1.82) is 0 Å². The predicted molar refractivity (Wildman–Crippen MR) is 505 cm³/mol. The number of unbranched alkanes of at least 4 members (excludes halogenated alkanes) is 8. The molecule has 3 saturated carbocycles. The summed E-state index contributed by atoms with van der Waals surface area (Å²) in [6, 6.07) is 21.0. The molecule has 3 aromatic rings. The fourth-order valence-electron chi connectivity index (χ4n) is 17.6. The molecule has 6 heterocycles. The molecule has 9 aliphatic rings. The highest BCUT2D eigenvalue weighted by Gasteiger charge is 2.56. The topological polar surface area (TPSA) is 559 Å². The zero-order valence-electron chi connectivity index (χ0n) is 81.2. The Morgan fingerprint density at radius 3 is 0.869 bits per heavy atom. The van der Waals surface area contributed by atoms with Gasteiger partial charge < -0.3 is 87.5 Å². The summed E-state index contributed by atoms with van der Waals surface area (Å²) in [5, 5.41) is 61.1. The third-order valence-electron chi connectivity index (χ3n) is 25.4. The van der Waals surface area contributed by atoms with Gasteiger partial charge in [0.1, 0.15) is 139 Å². The van der Waals surface area contributed by atoms with E-state index in [1.807, 2.05) is 38.1 Å². The van der Waals surface area contributed by atoms with Gasteiger partial charge >= 0.3 is 35.8 Å². The van der Waals surface area contributed by atoms with Gasteiger partial charge in [-0.2, -0.15) is 0 Å². The summed E-state index contributed by atoms with van der Waals surface area (Å²) >= 11 is 0. The highest BCUT2D eigenvalue weighted by atomic mass is 16.6. The molecule has 6 aliphatic heterocycles. The average molecular weight is 2030 g/mol. The molecule has 12 rings (SSSR count). The van der Waals surface area contributed by atoms with Gasteiger partial charge in [0.05, 0.1) is 13.2 Å². The number of carbonyl (C=O) groups is 18. The number of imide groups is 6. The first-order valence-electron chi connectivity index (χ1n) is 48.8. The van der Waals surface area contributed by atoms with Crippen molar-refractivity contribution in [3.05, 3.63) is 157 Å². The van der Waals surface area contributed by atoms with Crippen LogP contribution in [0.1, 0.15) is 153 Å². The number of benzene rings is 3. The first-order chi connectivity index (χ1) is 69.5. The Balaban J connectivity index is 0.000000224. The molecule has 12 unspecified atom stereocenters. The Labute approximate surface area is 837 Å². The maximum absolute atomic E-state index is 12.1. The van der Waals surface area contributed by atoms with Gasteiger partial charge in [-0.15, -0.1) is 0 Å². The Morgan fingerprint density at radius 2 is 0.559 bits per heavy atom. The Morgan fingerprint density at radius 1 is 0.290 bits per heavy atom. The van der Waals surface area contributed by atoms with E-state index in [-0.39, 0.29) is 152 Å². The molecule has 3 fully saturated rings. The monoisotopic (exact) mass is 2020 g/mol. The molecular formula is C103H128N6O36. The molecule has 42 heteroatoms. The van der Waals surface area contributed by atoms with Crippen LogP contribution in [0, 0.1) is 35.5 Å². The molecule has 0 saturated heterocycles. The number of aliphatic hydroxyl groups is 6. The van der Waals surface area contributed by atoms with Crippen molar-refractivity contribution in [2.45, 2.75) is 184 Å². The summed E-state index contributed by atoms with van der Waals surface area (Å²) in [6.45, 7) is 3.55. The van der Waals surface area contributed by atoms with Crippen molar-refractivity contribution in [3.8, 4) is 23.0 Å². The number of nitrogens with zero attached hydrogens (tertiary/aromatic N) is 6. The molecule has 145 heavy (non-hydrogen) atoms. The van der Waals surface area contributed by atoms with Crippen LogP contribution < -0.4 is 18.9 Å². The molecular weight excluding hydrogens is 1900 g/mol. The van der Waals surface area contributed by atoms with Gasteiger partial charge in [0, 0.05) is 149 Å². The summed E-state index contributed by atoms with van der Waals surface area (Å²) in [4.78, 5) is 216. The molecule has 12 amide bonds. The zero-order valence-corrected chi connectivity index (χ0v) is 81.2. The minimum Gasteiger partial charge on any atom is -0.491 e. The summed E-state index contributed by atoms with van der Waals surface area (Å²) in [7, 11) is 0. The van der Waals surface area contributed by atoms with Crippen molar-refractivity contribution < 1.29 is 174 Å². The second-order valence-corrected chi connectivity index (χ2v) is 36.9. The van der Waals surface area contributed by atoms with Gasteiger partial charge in [-0.3, -0.25) is 116 Å². The maximum Gasteiger partial charge on any atom is 0.326 e. The number of ether oxygens (including phenoxy) is 12. The normalized spacial score (nSPS) is 19.8. The minimum absolute atomic E-state index is 0.106. The zero-order chi connectivity index (χ0) is 104. The van der Waals surface area contributed by atoms with Crippen molar-refractivity contribution in [1.82, 2.24) is 29.4 Å². The van der Waals surface area contributed by atoms with Crippen LogP contribution in [0.3, 0.4) is 0 Å². The Hall–Kier alpha value is -13.4. The number of hydrogen-bond acceptors (Lipinski definition) is 36. The molecule has 0 aromatic heterocycles. The predicted octanol–water partition coefficient (Wildman–Crippen LogP) is 3.75. The molecule has 0 radical (unpaired) electrons. The van der Waals surface area contributed by atoms with Crippen molar-refractivity contribution >= 4 is 107 Å². The van der Waals surface area contributed by atoms with E-state index in [0.29, 0.717) is 175 Å². The lowest BCUT2D eigenvalue weighted by atomic mass is 9.76. The molecule has 2 bridgehead atoms. The van der Waals surface area contributed by atoms with E-state index in [9.17, 15) is 117 Å². The lowest BCUT2D eigenvalue weighted by Gasteiger charge is -2.31. The first-order valence-corrected chi connectivity index (χ1v) is 48.8. The fraction of sp³-hybridized carbons (Fsp3) is 0.534. The highest BCUT2D eigenvalue weighted by molar-refractivity contribution is 6.16. The van der Waals surface area contributed by atoms with Gasteiger partial charge in [0.25, 0.3) is 70.9 Å². The molecule has 3 aromatic carbocycles. The molecule has 6 N–H and O–H groups in total. The van der Waals surface area contributed by atoms with Crippen molar-refractivity contribution in [2.24, 2.45) is 35.5 Å². The standard InChI is InChI=1S/C38H54N2O12.C33H34N2O12.C32H40N2O12/c41-28(23-51-37(47)7-3-1-5-13-39-33(43)9-10-34(39)44)21-49-19-25-15-30-26-17-27(31(18-26)32(30)16-25)20-50-22-29(42)24-52-38(48)8-4-2-6-14-40-35(45)11-12-36(40)46;1-33(2,21-3-7-25(8-4-21)44-17-23(36)19-46-31(42)15-34-27(38)11-12-28(34)39)22-5-9-26(10-6-22)45-18-24(37)20-47-32(43)16-35-29(40)13-14-30(35)41;35-23(21-45-31(41)10-3-1-5-16-33-27(37)12-13-28(33)38)19-43-25-8-7-9-26(18-25)44-20-24(36)22-46-32(42)11-4-2-6-17-34-29(39)14-15-30(34)40/h9-12,25-32,41-42H,1-8,13-24H2;3-14,23-24,36-37H,15-20H2,1-2H3;7-9,12-15,18,23-24,35-36H,1-6,10-11,16-17,19-22H2. The molecule has 786 valence electrons. The number of amides is 12. The molecule has 42 nitrogen and oxygen atoms in total. The van der Waals surface area contributed by atoms with Gasteiger partial charge in [0.2, 0.25) is 0 Å². The number of rotatable bonds is 62. The van der Waals surface area contributed by atoms with Crippen molar-refractivity contribution in [2.75, 3.05) is 132 Å². The fourth-order valence-corrected chi connectivity index (χ4v) is 17.6. The van der Waals surface area contributed by atoms with Crippen LogP contribution in [0.15, 0.2) is 146 Å². The summed E-state index contributed by atoms with van der Waals surface area (Å²) in [5.74, 6) is -3.12. The lowest BCUT2D eigenvalue weighted by Crippen LogP contribution is -2.37. The van der Waals surface area contributed by atoms with Crippen LogP contribution in [0.2, 0.25) is 0 Å². The summed E-state index contributed by atoms with van der Waals surface area (Å²) in [5.41, 5.74) is 1.53. The summed E-state index contributed by atoms with van der Waals surface area (Å²) in [6.07, 6.45) is 20.5. The van der Waals surface area contributed by atoms with Crippen LogP contribution in [0.25, 0.3) is 0 Å². The van der Waals surface area contributed by atoms with E-state index in [1.54, 1.807) is 48.5 Å². The average Bonchev–Trinajstić information content (AvgIpc) is 1.59. The molecule has 12 atom stereocenters. The quantitative estimate of drug-likeness (QED) is 0.0203. The largest absolute Gasteiger partial charge is 0.491 e. The minimum atomic E-state index is -1.13. The number of esters is 6. The van der Waals surface area contributed by atoms with Gasteiger partial charge in [-0.05, 0) is 160 Å². The lowest BCUT2D eigenvalue weighted by molar-refractivity contribution is -0.154. The van der Waals surface area contributed by atoms with Crippen molar-refractivity contribution in [3.63, 3.8) is 0 Å². The van der Waals surface area contributed by atoms with Gasteiger partial charge in [0.15, 0.2) is 0 Å². The summed E-state index contributed by atoms with van der Waals surface area (Å²) < 4.78 is 64.5. The van der Waals surface area contributed by atoms with E-state index in [2.05, 4.69) is 0 Å². The molecule has 3 aliphatic carbocycles. The van der Waals surface area contributed by atoms with E-state index in [4.69, 9.17) is 56.8 Å². The van der Waals surface area contributed by atoms with Crippen LogP contribution >= 0.6 is 0 Å². The number of aliphatic hydroxyl groups excluding tert-OH is 6. The van der Waals surface area contributed by atoms with E-state index < -0.39 is 115 Å². The SMILES string of the molecule is CC(C)(c1ccc(OCC(O)COC(=O)CN2C(=O)C=CC2=O)cc1)c1ccc(OCC(O)COC(=O)CN2C(=O)C=CC2=O)cc1.O=C(CCCCCN1C(=O)C=CC1=O)OCC(O)COCC1CC2C3CC(COCC(O)COC(=O)CCCCCN4C(=O)C=CC4=O)C(C3)C2C1.O=C(CCCCCN1C(=O)C=CC1=O)OCC(O)COc1cccc(OCC(O)COC(=O)CCCCCN2C(=O)C=CC2=O)c1. The second kappa shape index (κ2) is 58.0. The van der Waals surface area contributed by atoms with E-state index in [0.717, 1.165) is 74.3 Å². The smallest absolute Gasteiger partial charge is 0.326 e. The van der Waals surface area contributed by atoms with Gasteiger partial charge in [-0.1, -0.05) is 69.9 Å². The third-order valence-corrected chi connectivity index (χ3v) is 25.4. The second-order valence-electron chi connectivity index (χ2n) is 36.9. The van der Waals surface area contributed by atoms with Crippen LogP contribution in [-0.2, 0) is 130 Å². The number of hydrogen-bond donors (Lipinski definition) is 6. The number of fused-ring (bicyclic) bond motifs is 5. The maximum atomic E-state index is 12.1. The first kappa shape index (κ1) is 114. The number of carbonyl (C=O) groups excluding carboxylic acids is 18. The van der Waals surface area contributed by atoms with Gasteiger partial charge in [-0.25, -0.2) is 0 Å². The van der Waals surface area contributed by atoms with E-state index in [1.165, 1.54) is 64.8 Å². The van der Waals surface area contributed by atoms with E-state index >= 15 is 0 Å². The van der Waals surface area contributed by atoms with Crippen LogP contribution in [0.5, 0.6) is 23.0 Å².